The van der Waals surface area contributed by atoms with Crippen LogP contribution >= 0.6 is 0 Å². The summed E-state index contributed by atoms with van der Waals surface area (Å²) in [6.07, 6.45) is 3.60. The lowest BCUT2D eigenvalue weighted by molar-refractivity contribution is 0.0893. The van der Waals surface area contributed by atoms with E-state index < -0.39 is 0 Å². The molecule has 0 bridgehead atoms. The monoisotopic (exact) mass is 242 g/mol. The Morgan fingerprint density at radius 2 is 1.89 bits per heavy atom. The smallest absolute Gasteiger partial charge is 0.166 e. The molecule has 18 heavy (non-hydrogen) atoms. The number of Topliss-reactive ketones (excluding diaryl/α,β-unsaturated/α-hetero) is 2. The molecule has 0 radical (unpaired) electrons. The number of fused-ring (bicyclic) bond motifs is 1. The largest absolute Gasteiger partial charge is 0.294 e. The van der Waals surface area contributed by atoms with Gasteiger partial charge < -0.3 is 0 Å². The van der Waals surface area contributed by atoms with E-state index in [0.29, 0.717) is 29.4 Å². The van der Waals surface area contributed by atoms with E-state index in [1.807, 2.05) is 18.2 Å². The highest BCUT2D eigenvalue weighted by molar-refractivity contribution is 6.11. The fraction of sp³-hybridized carbons (Fsp3) is 0.500. The third-order valence-electron chi connectivity index (χ3n) is 4.53. The summed E-state index contributed by atoms with van der Waals surface area (Å²) in [6.45, 7) is 2.19. The summed E-state index contributed by atoms with van der Waals surface area (Å²) in [5.74, 6) is 1.66. The maximum absolute atomic E-state index is 12.6. The zero-order valence-corrected chi connectivity index (χ0v) is 10.7. The van der Waals surface area contributed by atoms with Gasteiger partial charge in [-0.05, 0) is 24.7 Å². The minimum Gasteiger partial charge on any atom is -0.294 e. The van der Waals surface area contributed by atoms with Crippen molar-refractivity contribution < 1.29 is 9.59 Å². The lowest BCUT2D eigenvalue weighted by atomic mass is 9.89. The third kappa shape index (κ3) is 1.80. The SMILES string of the molecule is CC[C@H]1C[C@@H]1C1CCC(=O)c2ccccc2C1=O. The van der Waals surface area contributed by atoms with E-state index in [2.05, 4.69) is 6.92 Å². The van der Waals surface area contributed by atoms with Gasteiger partial charge in [0.05, 0.1) is 0 Å². The van der Waals surface area contributed by atoms with Gasteiger partial charge in [0.15, 0.2) is 11.6 Å². The van der Waals surface area contributed by atoms with Crippen LogP contribution in [0.25, 0.3) is 0 Å². The Kier molecular flexibility index (Phi) is 2.81. The summed E-state index contributed by atoms with van der Waals surface area (Å²) in [5, 5.41) is 0. The van der Waals surface area contributed by atoms with Crippen molar-refractivity contribution >= 4 is 11.6 Å². The van der Waals surface area contributed by atoms with Crippen molar-refractivity contribution in [3.8, 4) is 0 Å². The molecule has 1 fully saturated rings. The van der Waals surface area contributed by atoms with Gasteiger partial charge in [0.1, 0.15) is 0 Å². The van der Waals surface area contributed by atoms with Gasteiger partial charge in [-0.25, -0.2) is 0 Å². The van der Waals surface area contributed by atoms with Crippen molar-refractivity contribution in [2.45, 2.75) is 32.6 Å². The summed E-state index contributed by atoms with van der Waals surface area (Å²) in [4.78, 5) is 24.6. The Hall–Kier alpha value is -1.44. The Labute approximate surface area is 107 Å². The molecule has 1 aromatic carbocycles. The minimum atomic E-state index is 0.0857. The second-order valence-corrected chi connectivity index (χ2v) is 5.55. The first kappa shape index (κ1) is 11.6. The molecule has 0 spiro atoms. The van der Waals surface area contributed by atoms with Gasteiger partial charge in [-0.2, -0.15) is 0 Å². The van der Waals surface area contributed by atoms with E-state index in [-0.39, 0.29) is 17.5 Å². The van der Waals surface area contributed by atoms with Crippen LogP contribution in [0.4, 0.5) is 0 Å². The maximum Gasteiger partial charge on any atom is 0.166 e. The quantitative estimate of drug-likeness (QED) is 0.744. The zero-order chi connectivity index (χ0) is 12.7. The number of ketones is 2. The Morgan fingerprint density at radius 3 is 2.56 bits per heavy atom. The average Bonchev–Trinajstić information content (AvgIpc) is 3.18. The van der Waals surface area contributed by atoms with Crippen LogP contribution in [0.3, 0.4) is 0 Å². The maximum atomic E-state index is 12.6. The van der Waals surface area contributed by atoms with Crippen LogP contribution in [-0.4, -0.2) is 11.6 Å². The molecule has 2 aliphatic rings. The number of hydrogen-bond acceptors (Lipinski definition) is 2. The van der Waals surface area contributed by atoms with E-state index in [0.717, 1.165) is 12.8 Å². The molecule has 0 aromatic heterocycles. The number of benzene rings is 1. The van der Waals surface area contributed by atoms with E-state index in [4.69, 9.17) is 0 Å². The molecule has 2 aliphatic carbocycles. The number of rotatable bonds is 2. The van der Waals surface area contributed by atoms with Crippen LogP contribution in [0.15, 0.2) is 24.3 Å². The minimum absolute atomic E-state index is 0.0857. The van der Waals surface area contributed by atoms with Gasteiger partial charge in [-0.15, -0.1) is 0 Å². The number of carbonyl (C=O) groups is 2. The van der Waals surface area contributed by atoms with Crippen molar-refractivity contribution in [1.29, 1.82) is 0 Å². The van der Waals surface area contributed by atoms with Crippen molar-refractivity contribution in [2.75, 3.05) is 0 Å². The molecule has 1 aromatic rings. The molecular formula is C16H18O2. The molecular weight excluding hydrogens is 224 g/mol. The topological polar surface area (TPSA) is 34.1 Å². The first-order chi connectivity index (χ1) is 8.72. The Bertz CT molecular complexity index is 504. The molecule has 0 amide bonds. The molecule has 2 nitrogen and oxygen atoms in total. The van der Waals surface area contributed by atoms with Crippen molar-refractivity contribution in [1.82, 2.24) is 0 Å². The fourth-order valence-electron chi connectivity index (χ4n) is 3.33. The molecule has 0 aliphatic heterocycles. The molecule has 1 saturated carbocycles. The summed E-state index contributed by atoms with van der Waals surface area (Å²) in [7, 11) is 0. The predicted octanol–water partition coefficient (Wildman–Crippen LogP) is 3.51. The van der Waals surface area contributed by atoms with E-state index in [1.54, 1.807) is 6.07 Å². The Morgan fingerprint density at radius 1 is 1.17 bits per heavy atom. The van der Waals surface area contributed by atoms with Gasteiger partial charge in [-0.3, -0.25) is 9.59 Å². The summed E-state index contributed by atoms with van der Waals surface area (Å²) in [5.41, 5.74) is 1.30. The highest BCUT2D eigenvalue weighted by Crippen LogP contribution is 2.49. The van der Waals surface area contributed by atoms with E-state index in [9.17, 15) is 9.59 Å². The van der Waals surface area contributed by atoms with Crippen molar-refractivity contribution in [2.24, 2.45) is 17.8 Å². The highest BCUT2D eigenvalue weighted by Gasteiger charge is 2.45. The molecule has 3 atom stereocenters. The van der Waals surface area contributed by atoms with Crippen LogP contribution in [-0.2, 0) is 0 Å². The van der Waals surface area contributed by atoms with Crippen LogP contribution in [0.5, 0.6) is 0 Å². The van der Waals surface area contributed by atoms with Gasteiger partial charge in [0, 0.05) is 23.5 Å². The van der Waals surface area contributed by atoms with Crippen LogP contribution in [0, 0.1) is 17.8 Å². The van der Waals surface area contributed by atoms with Gasteiger partial charge in [0.25, 0.3) is 0 Å². The number of hydrogen-bond donors (Lipinski definition) is 0. The molecule has 2 heteroatoms. The normalized spacial score (nSPS) is 30.8. The standard InChI is InChI=1S/C16H18O2/c1-2-10-9-14(10)13-7-8-15(17)11-5-3-4-6-12(11)16(13)18/h3-6,10,13-14H,2,7-9H2,1H3/t10-,13?,14-/m0/s1. The van der Waals surface area contributed by atoms with E-state index >= 15 is 0 Å². The summed E-state index contributed by atoms with van der Waals surface area (Å²) < 4.78 is 0. The summed E-state index contributed by atoms with van der Waals surface area (Å²) in [6, 6.07) is 7.31. The van der Waals surface area contributed by atoms with Crippen LogP contribution in [0.1, 0.15) is 53.3 Å². The van der Waals surface area contributed by atoms with Crippen LogP contribution in [0.2, 0.25) is 0 Å². The first-order valence-electron chi connectivity index (χ1n) is 6.88. The number of carbonyl (C=O) groups excluding carboxylic acids is 2. The highest BCUT2D eigenvalue weighted by atomic mass is 16.1. The average molecular weight is 242 g/mol. The predicted molar refractivity (Wildman–Crippen MR) is 69.7 cm³/mol. The van der Waals surface area contributed by atoms with E-state index in [1.165, 1.54) is 6.42 Å². The zero-order valence-electron chi connectivity index (χ0n) is 10.7. The molecule has 0 N–H and O–H groups in total. The van der Waals surface area contributed by atoms with Crippen LogP contribution < -0.4 is 0 Å². The van der Waals surface area contributed by atoms with Crippen molar-refractivity contribution in [3.05, 3.63) is 35.4 Å². The van der Waals surface area contributed by atoms with Gasteiger partial charge in [0.2, 0.25) is 0 Å². The molecule has 0 saturated heterocycles. The van der Waals surface area contributed by atoms with Gasteiger partial charge >= 0.3 is 0 Å². The Balaban J connectivity index is 1.94. The van der Waals surface area contributed by atoms with Gasteiger partial charge in [-0.1, -0.05) is 37.6 Å². The lowest BCUT2D eigenvalue weighted by Crippen LogP contribution is -2.17. The molecule has 1 unspecified atom stereocenters. The second kappa shape index (κ2) is 4.34. The fourth-order valence-corrected chi connectivity index (χ4v) is 3.33. The second-order valence-electron chi connectivity index (χ2n) is 5.55. The first-order valence-corrected chi connectivity index (χ1v) is 6.88. The summed E-state index contributed by atoms with van der Waals surface area (Å²) >= 11 is 0. The molecule has 94 valence electrons. The van der Waals surface area contributed by atoms with Crippen molar-refractivity contribution in [3.63, 3.8) is 0 Å². The molecule has 0 heterocycles. The lowest BCUT2D eigenvalue weighted by Gasteiger charge is -2.12. The third-order valence-corrected chi connectivity index (χ3v) is 4.53. The molecule has 3 rings (SSSR count).